The summed E-state index contributed by atoms with van der Waals surface area (Å²) in [6, 6.07) is 9.60. The van der Waals surface area contributed by atoms with Gasteiger partial charge in [0.2, 0.25) is 0 Å². The van der Waals surface area contributed by atoms with E-state index in [9.17, 15) is 9.90 Å². The fourth-order valence-corrected chi connectivity index (χ4v) is 3.56. The van der Waals surface area contributed by atoms with Crippen LogP contribution in [-0.2, 0) is 4.74 Å². The minimum Gasteiger partial charge on any atom is -0.461 e. The van der Waals surface area contributed by atoms with Crippen LogP contribution in [0.5, 0.6) is 0 Å². The van der Waals surface area contributed by atoms with Crippen molar-refractivity contribution in [3.8, 4) is 11.3 Å². The van der Waals surface area contributed by atoms with Crippen molar-refractivity contribution in [3.05, 3.63) is 42.4 Å². The number of benzene rings is 1. The first-order valence-electron chi connectivity index (χ1n) is 8.56. The lowest BCUT2D eigenvalue weighted by atomic mass is 9.81. The number of carbonyl (C=O) groups excluding carboxylic acids is 1. The van der Waals surface area contributed by atoms with Crippen LogP contribution in [0.3, 0.4) is 0 Å². The first-order chi connectivity index (χ1) is 11.5. The van der Waals surface area contributed by atoms with Gasteiger partial charge in [-0.2, -0.15) is 0 Å². The second-order valence-electron chi connectivity index (χ2n) is 6.55. The molecular formula is C19H24N2O3. The Bertz CT molecular complexity index is 707. The van der Waals surface area contributed by atoms with Crippen molar-refractivity contribution in [1.29, 1.82) is 0 Å². The Balaban J connectivity index is 2.11. The number of esters is 1. The third-order valence-electron chi connectivity index (χ3n) is 4.77. The first-order valence-corrected chi connectivity index (χ1v) is 8.56. The van der Waals surface area contributed by atoms with Crippen molar-refractivity contribution in [3.63, 3.8) is 0 Å². The van der Waals surface area contributed by atoms with Crippen LogP contribution in [0.25, 0.3) is 11.3 Å². The molecule has 0 spiro atoms. The van der Waals surface area contributed by atoms with Crippen molar-refractivity contribution < 1.29 is 14.6 Å². The zero-order valence-electron chi connectivity index (χ0n) is 14.2. The van der Waals surface area contributed by atoms with E-state index in [1.165, 1.54) is 0 Å². The number of hydrogen-bond donors (Lipinski definition) is 1. The number of ether oxygens (including phenoxy) is 1. The molecule has 5 nitrogen and oxygen atoms in total. The van der Waals surface area contributed by atoms with Crippen molar-refractivity contribution in [1.82, 2.24) is 9.55 Å². The lowest BCUT2D eigenvalue weighted by Gasteiger charge is -2.38. The molecule has 1 aromatic heterocycles. The standard InChI is InChI=1S/C19H24N2O3/c1-3-24-18(22)16-17(14-9-5-4-6-10-14)21(13-20-16)15-11-7-8-12-19(15,2)23/h4-6,9-10,13,15,23H,3,7-8,11-12H2,1-2H3/t15-,19+/m1/s1. The predicted molar refractivity (Wildman–Crippen MR) is 91.7 cm³/mol. The van der Waals surface area contributed by atoms with Crippen LogP contribution in [0.15, 0.2) is 36.7 Å². The zero-order valence-corrected chi connectivity index (χ0v) is 14.2. The van der Waals surface area contributed by atoms with E-state index >= 15 is 0 Å². The average molecular weight is 328 g/mol. The molecule has 1 aliphatic carbocycles. The molecule has 1 saturated carbocycles. The summed E-state index contributed by atoms with van der Waals surface area (Å²) in [7, 11) is 0. The molecule has 2 aromatic rings. The lowest BCUT2D eigenvalue weighted by Crippen LogP contribution is -2.39. The van der Waals surface area contributed by atoms with Crippen LogP contribution in [0, 0.1) is 0 Å². The first kappa shape index (κ1) is 16.7. The lowest BCUT2D eigenvalue weighted by molar-refractivity contribution is -0.0243. The van der Waals surface area contributed by atoms with Gasteiger partial charge in [-0.05, 0) is 26.7 Å². The maximum absolute atomic E-state index is 12.3. The van der Waals surface area contributed by atoms with E-state index < -0.39 is 11.6 Å². The smallest absolute Gasteiger partial charge is 0.359 e. The fourth-order valence-electron chi connectivity index (χ4n) is 3.56. The van der Waals surface area contributed by atoms with E-state index in [1.807, 2.05) is 41.8 Å². The third kappa shape index (κ3) is 3.08. The largest absolute Gasteiger partial charge is 0.461 e. The van der Waals surface area contributed by atoms with E-state index in [1.54, 1.807) is 13.3 Å². The Labute approximate surface area is 142 Å². The zero-order chi connectivity index (χ0) is 17.2. The number of imidazole rings is 1. The number of aromatic nitrogens is 2. The molecule has 24 heavy (non-hydrogen) atoms. The number of carbonyl (C=O) groups is 1. The van der Waals surface area contributed by atoms with Gasteiger partial charge < -0.3 is 14.4 Å². The average Bonchev–Trinajstić information content (AvgIpc) is 3.00. The Kier molecular flexibility index (Phi) is 4.71. The van der Waals surface area contributed by atoms with Crippen LogP contribution < -0.4 is 0 Å². The normalized spacial score (nSPS) is 23.9. The molecule has 1 N–H and O–H groups in total. The van der Waals surface area contributed by atoms with E-state index in [4.69, 9.17) is 4.74 Å². The van der Waals surface area contributed by atoms with Crippen molar-refractivity contribution in [2.24, 2.45) is 0 Å². The molecule has 0 amide bonds. The summed E-state index contributed by atoms with van der Waals surface area (Å²) in [4.78, 5) is 16.7. The van der Waals surface area contributed by atoms with Crippen molar-refractivity contribution in [2.45, 2.75) is 51.2 Å². The molecule has 2 atom stereocenters. The molecule has 0 radical (unpaired) electrons. The Morgan fingerprint density at radius 3 is 2.79 bits per heavy atom. The summed E-state index contributed by atoms with van der Waals surface area (Å²) in [6.45, 7) is 3.96. The van der Waals surface area contributed by atoms with Gasteiger partial charge in [0.15, 0.2) is 5.69 Å². The van der Waals surface area contributed by atoms with Crippen LogP contribution in [-0.4, -0.2) is 32.8 Å². The Morgan fingerprint density at radius 2 is 2.12 bits per heavy atom. The molecule has 1 aliphatic rings. The van der Waals surface area contributed by atoms with Crippen LogP contribution in [0.1, 0.15) is 56.1 Å². The predicted octanol–water partition coefficient (Wildman–Crippen LogP) is 3.59. The molecule has 3 rings (SSSR count). The fraction of sp³-hybridized carbons (Fsp3) is 0.474. The van der Waals surface area contributed by atoms with E-state index in [0.717, 1.165) is 36.9 Å². The molecule has 1 heterocycles. The van der Waals surface area contributed by atoms with Gasteiger partial charge in [-0.3, -0.25) is 0 Å². The highest BCUT2D eigenvalue weighted by Crippen LogP contribution is 2.40. The number of rotatable bonds is 4. The summed E-state index contributed by atoms with van der Waals surface area (Å²) in [6.07, 6.45) is 5.36. The minimum absolute atomic E-state index is 0.0999. The van der Waals surface area contributed by atoms with E-state index in [0.29, 0.717) is 12.3 Å². The highest BCUT2D eigenvalue weighted by atomic mass is 16.5. The Morgan fingerprint density at radius 1 is 1.38 bits per heavy atom. The van der Waals surface area contributed by atoms with Crippen LogP contribution in [0.2, 0.25) is 0 Å². The van der Waals surface area contributed by atoms with E-state index in [-0.39, 0.29) is 6.04 Å². The van der Waals surface area contributed by atoms with Gasteiger partial charge in [0, 0.05) is 5.56 Å². The van der Waals surface area contributed by atoms with Crippen molar-refractivity contribution in [2.75, 3.05) is 6.61 Å². The number of nitrogens with zero attached hydrogens (tertiary/aromatic N) is 2. The Hall–Kier alpha value is -2.14. The summed E-state index contributed by atoms with van der Waals surface area (Å²) >= 11 is 0. The van der Waals surface area contributed by atoms with Gasteiger partial charge in [-0.1, -0.05) is 43.2 Å². The number of aliphatic hydroxyl groups is 1. The molecule has 1 aromatic carbocycles. The molecule has 128 valence electrons. The molecular weight excluding hydrogens is 304 g/mol. The molecule has 0 aliphatic heterocycles. The SMILES string of the molecule is CCOC(=O)c1ncn([C@@H]2CCCC[C@]2(C)O)c1-c1ccccc1. The summed E-state index contributed by atoms with van der Waals surface area (Å²) in [5.41, 5.74) is 1.12. The minimum atomic E-state index is -0.811. The quantitative estimate of drug-likeness (QED) is 0.871. The summed E-state index contributed by atoms with van der Waals surface area (Å²) < 4.78 is 7.12. The van der Waals surface area contributed by atoms with Gasteiger partial charge in [0.05, 0.1) is 30.3 Å². The van der Waals surface area contributed by atoms with Gasteiger partial charge in [-0.15, -0.1) is 0 Å². The highest BCUT2D eigenvalue weighted by Gasteiger charge is 2.38. The summed E-state index contributed by atoms with van der Waals surface area (Å²) in [5.74, 6) is -0.425. The molecule has 1 fully saturated rings. The van der Waals surface area contributed by atoms with Gasteiger partial charge >= 0.3 is 5.97 Å². The maximum atomic E-state index is 12.3. The van der Waals surface area contributed by atoms with Crippen molar-refractivity contribution >= 4 is 5.97 Å². The summed E-state index contributed by atoms with van der Waals surface area (Å²) in [5, 5.41) is 10.8. The van der Waals surface area contributed by atoms with E-state index in [2.05, 4.69) is 4.98 Å². The van der Waals surface area contributed by atoms with Gasteiger partial charge in [0.25, 0.3) is 0 Å². The van der Waals surface area contributed by atoms with Gasteiger partial charge in [0.1, 0.15) is 0 Å². The molecule has 0 saturated heterocycles. The monoisotopic (exact) mass is 328 g/mol. The van der Waals surface area contributed by atoms with Crippen LogP contribution >= 0.6 is 0 Å². The highest BCUT2D eigenvalue weighted by molar-refractivity contribution is 5.94. The van der Waals surface area contributed by atoms with Crippen LogP contribution in [0.4, 0.5) is 0 Å². The van der Waals surface area contributed by atoms with Gasteiger partial charge in [-0.25, -0.2) is 9.78 Å². The third-order valence-corrected chi connectivity index (χ3v) is 4.77. The molecule has 0 bridgehead atoms. The second kappa shape index (κ2) is 6.77. The maximum Gasteiger partial charge on any atom is 0.359 e. The topological polar surface area (TPSA) is 64.3 Å². The second-order valence-corrected chi connectivity index (χ2v) is 6.55. The number of hydrogen-bond acceptors (Lipinski definition) is 4. The molecule has 0 unspecified atom stereocenters. The molecule has 5 heteroatoms.